The van der Waals surface area contributed by atoms with Gasteiger partial charge in [-0.1, -0.05) is 12.1 Å². The van der Waals surface area contributed by atoms with E-state index in [1.165, 1.54) is 4.88 Å². The Balaban J connectivity index is 2.11. The highest BCUT2D eigenvalue weighted by Crippen LogP contribution is 2.31. The van der Waals surface area contributed by atoms with Crippen LogP contribution in [0.2, 0.25) is 0 Å². The Hall–Kier alpha value is -2.25. The Morgan fingerprint density at radius 2 is 1.93 bits per heavy atom. The summed E-state index contributed by atoms with van der Waals surface area (Å²) in [5.74, 6) is 2.29. The third-order valence-corrected chi connectivity index (χ3v) is 5.06. The Morgan fingerprint density at radius 1 is 1.15 bits per heavy atom. The molecule has 0 aliphatic heterocycles. The number of hydrogen-bond donors (Lipinski definition) is 2. The summed E-state index contributed by atoms with van der Waals surface area (Å²) < 4.78 is 10.8. The van der Waals surface area contributed by atoms with Crippen molar-refractivity contribution in [1.82, 2.24) is 15.5 Å². The van der Waals surface area contributed by atoms with Crippen LogP contribution in [-0.4, -0.2) is 52.3 Å². The molecule has 1 aromatic carbocycles. The fourth-order valence-corrected chi connectivity index (χ4v) is 3.38. The normalized spacial score (nSPS) is 12.7. The molecule has 0 saturated carbocycles. The maximum atomic E-state index is 5.45. The zero-order chi connectivity index (χ0) is 19.6. The highest BCUT2D eigenvalue weighted by Gasteiger charge is 2.17. The van der Waals surface area contributed by atoms with Gasteiger partial charge in [0.2, 0.25) is 0 Å². The van der Waals surface area contributed by atoms with Crippen LogP contribution in [0.1, 0.15) is 23.4 Å². The van der Waals surface area contributed by atoms with Crippen molar-refractivity contribution in [2.45, 2.75) is 19.5 Å². The molecule has 148 valence electrons. The van der Waals surface area contributed by atoms with E-state index in [-0.39, 0.29) is 6.04 Å². The average Bonchev–Trinajstić information content (AvgIpc) is 3.19. The molecule has 0 aliphatic rings. The summed E-state index contributed by atoms with van der Waals surface area (Å²) in [5, 5.41) is 8.84. The van der Waals surface area contributed by atoms with Crippen LogP contribution in [0.5, 0.6) is 11.5 Å². The third kappa shape index (κ3) is 6.15. The molecule has 7 heteroatoms. The SMILES string of the molecule is CCNC(=NCc1cccs1)NCC(c1ccc(OC)c(OC)c1)N(C)C. The molecule has 2 rings (SSSR count). The number of hydrogen-bond acceptors (Lipinski definition) is 5. The van der Waals surface area contributed by atoms with Crippen molar-refractivity contribution < 1.29 is 9.47 Å². The van der Waals surface area contributed by atoms with Gasteiger partial charge in [-0.25, -0.2) is 4.99 Å². The summed E-state index contributed by atoms with van der Waals surface area (Å²) in [7, 11) is 7.44. The predicted octanol–water partition coefficient (Wildman–Crippen LogP) is 3.12. The predicted molar refractivity (Wildman–Crippen MR) is 113 cm³/mol. The lowest BCUT2D eigenvalue weighted by Crippen LogP contribution is -2.41. The van der Waals surface area contributed by atoms with Crippen LogP contribution in [-0.2, 0) is 6.54 Å². The molecule has 1 heterocycles. The molecule has 0 aliphatic carbocycles. The minimum Gasteiger partial charge on any atom is -0.493 e. The van der Waals surface area contributed by atoms with Gasteiger partial charge >= 0.3 is 0 Å². The van der Waals surface area contributed by atoms with Crippen molar-refractivity contribution in [3.63, 3.8) is 0 Å². The molecule has 0 bridgehead atoms. The number of guanidine groups is 1. The Morgan fingerprint density at radius 3 is 2.52 bits per heavy atom. The van der Waals surface area contributed by atoms with Crippen LogP contribution in [0, 0.1) is 0 Å². The van der Waals surface area contributed by atoms with Gasteiger partial charge < -0.3 is 25.0 Å². The van der Waals surface area contributed by atoms with E-state index >= 15 is 0 Å². The summed E-state index contributed by atoms with van der Waals surface area (Å²) in [6, 6.07) is 10.4. The molecule has 2 N–H and O–H groups in total. The summed E-state index contributed by atoms with van der Waals surface area (Å²) in [4.78, 5) is 8.11. The van der Waals surface area contributed by atoms with Crippen molar-refractivity contribution in [2.24, 2.45) is 4.99 Å². The van der Waals surface area contributed by atoms with Crippen LogP contribution in [0.15, 0.2) is 40.7 Å². The van der Waals surface area contributed by atoms with Crippen LogP contribution < -0.4 is 20.1 Å². The zero-order valence-electron chi connectivity index (χ0n) is 16.8. The minimum atomic E-state index is 0.162. The van der Waals surface area contributed by atoms with Gasteiger partial charge in [-0.05, 0) is 50.2 Å². The van der Waals surface area contributed by atoms with Gasteiger partial charge in [0.15, 0.2) is 17.5 Å². The molecule has 0 spiro atoms. The standard InChI is InChI=1S/C20H30N4O2S/c1-6-21-20(22-13-16-8-7-11-27-16)23-14-17(24(2)3)15-9-10-18(25-4)19(12-15)26-5/h7-12,17H,6,13-14H2,1-5H3,(H2,21,22,23). The summed E-state index contributed by atoms with van der Waals surface area (Å²) in [5.41, 5.74) is 1.15. The number of ether oxygens (including phenoxy) is 2. The zero-order valence-corrected chi connectivity index (χ0v) is 17.6. The average molecular weight is 391 g/mol. The highest BCUT2D eigenvalue weighted by molar-refractivity contribution is 7.09. The van der Waals surface area contributed by atoms with Crippen LogP contribution in [0.25, 0.3) is 0 Å². The fraction of sp³-hybridized carbons (Fsp3) is 0.450. The first kappa shape index (κ1) is 21.1. The van der Waals surface area contributed by atoms with Crippen molar-refractivity contribution in [3.05, 3.63) is 46.2 Å². The van der Waals surface area contributed by atoms with Gasteiger partial charge in [0, 0.05) is 18.0 Å². The minimum absolute atomic E-state index is 0.162. The topological polar surface area (TPSA) is 58.1 Å². The monoisotopic (exact) mass is 390 g/mol. The fourth-order valence-electron chi connectivity index (χ4n) is 2.75. The molecule has 6 nitrogen and oxygen atoms in total. The quantitative estimate of drug-likeness (QED) is 0.509. The second-order valence-corrected chi connectivity index (χ2v) is 7.28. The maximum Gasteiger partial charge on any atom is 0.191 e. The largest absolute Gasteiger partial charge is 0.493 e. The first-order valence-corrected chi connectivity index (χ1v) is 9.89. The van der Waals surface area contributed by atoms with E-state index < -0.39 is 0 Å². The van der Waals surface area contributed by atoms with Gasteiger partial charge in [-0.2, -0.15) is 0 Å². The van der Waals surface area contributed by atoms with Crippen molar-refractivity contribution in [2.75, 3.05) is 41.4 Å². The van der Waals surface area contributed by atoms with Gasteiger partial charge in [-0.3, -0.25) is 0 Å². The smallest absolute Gasteiger partial charge is 0.191 e. The molecule has 0 fully saturated rings. The van der Waals surface area contributed by atoms with E-state index in [0.29, 0.717) is 6.54 Å². The van der Waals surface area contributed by atoms with Crippen LogP contribution in [0.4, 0.5) is 0 Å². The van der Waals surface area contributed by atoms with Gasteiger partial charge in [0.05, 0.1) is 26.8 Å². The third-order valence-electron chi connectivity index (χ3n) is 4.20. The number of nitrogens with one attached hydrogen (secondary N) is 2. The van der Waals surface area contributed by atoms with Gasteiger partial charge in [-0.15, -0.1) is 11.3 Å². The van der Waals surface area contributed by atoms with Crippen molar-refractivity contribution in [3.8, 4) is 11.5 Å². The summed E-state index contributed by atoms with van der Waals surface area (Å²) in [6.45, 7) is 4.29. The van der Waals surface area contributed by atoms with E-state index in [1.807, 2.05) is 12.1 Å². The molecule has 0 radical (unpaired) electrons. The maximum absolute atomic E-state index is 5.45. The lowest BCUT2D eigenvalue weighted by atomic mass is 10.1. The second-order valence-electron chi connectivity index (χ2n) is 6.25. The molecule has 2 aromatic rings. The van der Waals surface area contributed by atoms with E-state index in [1.54, 1.807) is 25.6 Å². The molecular weight excluding hydrogens is 360 g/mol. The van der Waals surface area contributed by atoms with E-state index in [4.69, 9.17) is 9.47 Å². The van der Waals surface area contributed by atoms with E-state index in [9.17, 15) is 0 Å². The summed E-state index contributed by atoms with van der Waals surface area (Å²) >= 11 is 1.72. The first-order valence-electron chi connectivity index (χ1n) is 9.02. The number of benzene rings is 1. The van der Waals surface area contributed by atoms with Crippen LogP contribution in [0.3, 0.4) is 0 Å². The summed E-state index contributed by atoms with van der Waals surface area (Å²) in [6.07, 6.45) is 0. The number of likely N-dealkylation sites (N-methyl/N-ethyl adjacent to an activating group) is 1. The van der Waals surface area contributed by atoms with Crippen molar-refractivity contribution >= 4 is 17.3 Å². The number of aliphatic imine (C=N–C) groups is 1. The molecule has 0 amide bonds. The van der Waals surface area contributed by atoms with Crippen molar-refractivity contribution in [1.29, 1.82) is 0 Å². The molecule has 27 heavy (non-hydrogen) atoms. The molecule has 1 atom stereocenters. The molecule has 1 unspecified atom stereocenters. The number of thiophene rings is 1. The Labute approximate surface area is 166 Å². The lowest BCUT2D eigenvalue weighted by molar-refractivity contribution is 0.295. The molecular formula is C20H30N4O2S. The number of nitrogens with zero attached hydrogens (tertiary/aromatic N) is 2. The number of methoxy groups -OCH3 is 2. The number of rotatable bonds is 9. The van der Waals surface area contributed by atoms with Crippen LogP contribution >= 0.6 is 11.3 Å². The Kier molecular flexibility index (Phi) is 8.42. The first-order chi connectivity index (χ1) is 13.1. The Bertz CT molecular complexity index is 717. The van der Waals surface area contributed by atoms with Gasteiger partial charge in [0.25, 0.3) is 0 Å². The van der Waals surface area contributed by atoms with Gasteiger partial charge in [0.1, 0.15) is 0 Å². The highest BCUT2D eigenvalue weighted by atomic mass is 32.1. The molecule has 0 saturated heterocycles. The molecule has 1 aromatic heterocycles. The lowest BCUT2D eigenvalue weighted by Gasteiger charge is -2.26. The van der Waals surface area contributed by atoms with E-state index in [0.717, 1.165) is 36.1 Å². The second kappa shape index (κ2) is 10.8. The van der Waals surface area contributed by atoms with E-state index in [2.05, 4.69) is 65.1 Å².